The van der Waals surface area contributed by atoms with Crippen molar-refractivity contribution in [1.82, 2.24) is 0 Å². The van der Waals surface area contributed by atoms with Crippen molar-refractivity contribution in [3.63, 3.8) is 0 Å². The summed E-state index contributed by atoms with van der Waals surface area (Å²) in [5.41, 5.74) is 1.29. The van der Waals surface area contributed by atoms with Crippen LogP contribution in [0.1, 0.15) is 15.9 Å². The van der Waals surface area contributed by atoms with E-state index in [2.05, 4.69) is 15.9 Å². The van der Waals surface area contributed by atoms with Gasteiger partial charge in [-0.05, 0) is 27.6 Å². The highest BCUT2D eigenvalue weighted by Crippen LogP contribution is 2.47. The van der Waals surface area contributed by atoms with Gasteiger partial charge in [0.25, 0.3) is 0 Å². The maximum atomic E-state index is 12.6. The maximum absolute atomic E-state index is 12.6. The van der Waals surface area contributed by atoms with Gasteiger partial charge >= 0.3 is 0 Å². The van der Waals surface area contributed by atoms with Gasteiger partial charge in [-0.25, -0.2) is 0 Å². The molecular formula is C17H13BrO4. The summed E-state index contributed by atoms with van der Waals surface area (Å²) in [6, 6.07) is 11.2. The van der Waals surface area contributed by atoms with Gasteiger partial charge in [0.15, 0.2) is 11.5 Å². The molecule has 0 saturated carbocycles. The van der Waals surface area contributed by atoms with E-state index in [0.717, 1.165) is 5.56 Å². The van der Waals surface area contributed by atoms with Gasteiger partial charge in [0.05, 0.1) is 14.2 Å². The fourth-order valence-electron chi connectivity index (χ4n) is 2.31. The summed E-state index contributed by atoms with van der Waals surface area (Å²) in [5.74, 6) is 1.45. The van der Waals surface area contributed by atoms with E-state index in [1.165, 1.54) is 7.11 Å². The molecule has 22 heavy (non-hydrogen) atoms. The number of Topliss-reactive ketones (excluding diaryl/α,β-unsaturated/α-hetero) is 1. The van der Waals surface area contributed by atoms with E-state index in [4.69, 9.17) is 14.2 Å². The number of carbonyl (C=O) groups excluding carboxylic acids is 1. The Labute approximate surface area is 136 Å². The quantitative estimate of drug-likeness (QED) is 0.773. The molecule has 0 unspecified atom stereocenters. The summed E-state index contributed by atoms with van der Waals surface area (Å²) in [7, 11) is 3.05. The molecule has 3 rings (SSSR count). The number of halogens is 1. The van der Waals surface area contributed by atoms with Gasteiger partial charge in [-0.15, -0.1) is 0 Å². The van der Waals surface area contributed by atoms with Crippen LogP contribution in [-0.4, -0.2) is 20.0 Å². The smallest absolute Gasteiger partial charge is 0.235 e. The summed E-state index contributed by atoms with van der Waals surface area (Å²) in [6.45, 7) is 0. The lowest BCUT2D eigenvalue weighted by molar-refractivity contribution is 0.101. The first kappa shape index (κ1) is 14.7. The zero-order chi connectivity index (χ0) is 15.7. The predicted molar refractivity (Wildman–Crippen MR) is 86.6 cm³/mol. The van der Waals surface area contributed by atoms with Gasteiger partial charge in [0, 0.05) is 6.07 Å². The first-order valence-corrected chi connectivity index (χ1v) is 7.38. The second kappa shape index (κ2) is 5.85. The van der Waals surface area contributed by atoms with E-state index < -0.39 is 0 Å². The SMILES string of the molecule is COc1cc2c(c(OC)c1Br)C(=O)/C(=C/c1ccccc1)O2. The van der Waals surface area contributed by atoms with Crippen LogP contribution in [0.15, 0.2) is 46.6 Å². The van der Waals surface area contributed by atoms with Gasteiger partial charge in [-0.3, -0.25) is 4.79 Å². The maximum Gasteiger partial charge on any atom is 0.235 e. The van der Waals surface area contributed by atoms with E-state index in [0.29, 0.717) is 27.3 Å². The average Bonchev–Trinajstić information content (AvgIpc) is 2.84. The van der Waals surface area contributed by atoms with Crippen molar-refractivity contribution in [3.8, 4) is 17.2 Å². The number of ketones is 1. The Morgan fingerprint density at radius 1 is 1.14 bits per heavy atom. The average molecular weight is 361 g/mol. The number of allylic oxidation sites excluding steroid dienone is 1. The molecule has 2 aromatic rings. The zero-order valence-corrected chi connectivity index (χ0v) is 13.6. The summed E-state index contributed by atoms with van der Waals surface area (Å²) >= 11 is 3.39. The number of fused-ring (bicyclic) bond motifs is 1. The molecular weight excluding hydrogens is 348 g/mol. The third kappa shape index (κ3) is 2.37. The van der Waals surface area contributed by atoms with E-state index in [1.807, 2.05) is 30.3 Å². The Balaban J connectivity index is 2.10. The minimum absolute atomic E-state index is 0.209. The highest BCUT2D eigenvalue weighted by atomic mass is 79.9. The minimum atomic E-state index is -0.209. The number of hydrogen-bond donors (Lipinski definition) is 0. The number of ether oxygens (including phenoxy) is 3. The highest BCUT2D eigenvalue weighted by Gasteiger charge is 2.34. The van der Waals surface area contributed by atoms with Crippen molar-refractivity contribution in [2.45, 2.75) is 0 Å². The fourth-order valence-corrected chi connectivity index (χ4v) is 2.94. The Kier molecular flexibility index (Phi) is 3.90. The number of rotatable bonds is 3. The first-order valence-electron chi connectivity index (χ1n) is 6.59. The molecule has 0 spiro atoms. The number of hydrogen-bond acceptors (Lipinski definition) is 4. The molecule has 1 aliphatic rings. The van der Waals surface area contributed by atoms with Gasteiger partial charge in [-0.1, -0.05) is 30.3 Å². The highest BCUT2D eigenvalue weighted by molar-refractivity contribution is 9.10. The molecule has 0 aromatic heterocycles. The molecule has 4 nitrogen and oxygen atoms in total. The molecule has 5 heteroatoms. The van der Waals surface area contributed by atoms with Crippen LogP contribution < -0.4 is 14.2 Å². The van der Waals surface area contributed by atoms with Crippen molar-refractivity contribution < 1.29 is 19.0 Å². The lowest BCUT2D eigenvalue weighted by Crippen LogP contribution is -2.01. The molecule has 0 saturated heterocycles. The second-order valence-corrected chi connectivity index (χ2v) is 5.44. The van der Waals surface area contributed by atoms with Crippen LogP contribution >= 0.6 is 15.9 Å². The Bertz CT molecular complexity index is 766. The van der Waals surface area contributed by atoms with Gasteiger partial charge in [-0.2, -0.15) is 0 Å². The summed E-state index contributed by atoms with van der Waals surface area (Å²) in [4.78, 5) is 12.6. The third-order valence-corrected chi connectivity index (χ3v) is 4.09. The molecule has 0 aliphatic carbocycles. The zero-order valence-electron chi connectivity index (χ0n) is 12.1. The summed E-state index contributed by atoms with van der Waals surface area (Å²) in [5, 5.41) is 0. The lowest BCUT2D eigenvalue weighted by Gasteiger charge is -2.10. The van der Waals surface area contributed by atoms with Crippen LogP contribution in [-0.2, 0) is 0 Å². The van der Waals surface area contributed by atoms with Crippen molar-refractivity contribution in [3.05, 3.63) is 57.8 Å². The van der Waals surface area contributed by atoms with Crippen LogP contribution in [0, 0.1) is 0 Å². The van der Waals surface area contributed by atoms with Crippen LogP contribution in [0.25, 0.3) is 6.08 Å². The monoisotopic (exact) mass is 360 g/mol. The van der Waals surface area contributed by atoms with E-state index in [-0.39, 0.29) is 11.5 Å². The number of carbonyl (C=O) groups is 1. The normalized spacial score (nSPS) is 14.7. The molecule has 0 bridgehead atoms. The van der Waals surface area contributed by atoms with Crippen molar-refractivity contribution >= 4 is 27.8 Å². The molecule has 1 aliphatic heterocycles. The molecule has 0 N–H and O–H groups in total. The number of benzene rings is 2. The summed E-state index contributed by atoms with van der Waals surface area (Å²) in [6.07, 6.45) is 1.71. The first-order chi connectivity index (χ1) is 10.7. The van der Waals surface area contributed by atoms with Crippen LogP contribution in [0.4, 0.5) is 0 Å². The lowest BCUT2D eigenvalue weighted by atomic mass is 10.1. The molecule has 2 aromatic carbocycles. The molecule has 112 valence electrons. The van der Waals surface area contributed by atoms with Crippen LogP contribution in [0.5, 0.6) is 17.2 Å². The van der Waals surface area contributed by atoms with Gasteiger partial charge in [0.2, 0.25) is 5.78 Å². The van der Waals surface area contributed by atoms with Crippen molar-refractivity contribution in [1.29, 1.82) is 0 Å². The van der Waals surface area contributed by atoms with E-state index >= 15 is 0 Å². The van der Waals surface area contributed by atoms with Crippen LogP contribution in [0.3, 0.4) is 0 Å². The van der Waals surface area contributed by atoms with E-state index in [1.54, 1.807) is 19.3 Å². The van der Waals surface area contributed by atoms with Gasteiger partial charge < -0.3 is 14.2 Å². The van der Waals surface area contributed by atoms with Crippen LogP contribution in [0.2, 0.25) is 0 Å². The second-order valence-electron chi connectivity index (χ2n) is 4.65. The van der Waals surface area contributed by atoms with Crippen molar-refractivity contribution in [2.24, 2.45) is 0 Å². The molecule has 0 fully saturated rings. The molecule has 0 radical (unpaired) electrons. The van der Waals surface area contributed by atoms with Crippen molar-refractivity contribution in [2.75, 3.05) is 14.2 Å². The third-order valence-electron chi connectivity index (χ3n) is 3.34. The van der Waals surface area contributed by atoms with Gasteiger partial charge in [0.1, 0.15) is 21.5 Å². The Morgan fingerprint density at radius 3 is 2.50 bits per heavy atom. The topological polar surface area (TPSA) is 44.8 Å². The summed E-state index contributed by atoms with van der Waals surface area (Å²) < 4.78 is 16.9. The predicted octanol–water partition coefficient (Wildman–Crippen LogP) is 4.08. The Morgan fingerprint density at radius 2 is 1.86 bits per heavy atom. The molecule has 0 atom stereocenters. The fraction of sp³-hybridized carbons (Fsp3) is 0.118. The largest absolute Gasteiger partial charge is 0.495 e. The number of methoxy groups -OCH3 is 2. The van der Waals surface area contributed by atoms with E-state index in [9.17, 15) is 4.79 Å². The Hall–Kier alpha value is -2.27. The molecule has 1 heterocycles. The minimum Gasteiger partial charge on any atom is -0.495 e. The standard InChI is InChI=1S/C17H13BrO4/c1-20-12-9-11-14(17(21-2)15(12)18)16(19)13(22-11)8-10-6-4-3-5-7-10/h3-9H,1-2H3/b13-8-. The molecule has 0 amide bonds.